The molecule has 0 aliphatic rings. The number of alkyl halides is 1. The average Bonchev–Trinajstić information content (AvgIpc) is 2.63. The number of thioether (sulfide) groups is 1. The highest BCUT2D eigenvalue weighted by Crippen LogP contribution is 2.39. The first-order chi connectivity index (χ1) is 6.77. The number of thiophene rings is 1. The van der Waals surface area contributed by atoms with Crippen molar-refractivity contribution in [2.24, 2.45) is 0 Å². The zero-order valence-corrected chi connectivity index (χ0v) is 9.97. The lowest BCUT2D eigenvalue weighted by Gasteiger charge is -2.02. The molecule has 0 saturated carbocycles. The van der Waals surface area contributed by atoms with Crippen LogP contribution in [0.5, 0.6) is 5.75 Å². The molecule has 0 bridgehead atoms. The molecule has 0 amide bonds. The molecule has 0 aliphatic carbocycles. The predicted molar refractivity (Wildman–Crippen MR) is 64.8 cm³/mol. The third kappa shape index (κ3) is 1.49. The predicted octanol–water partition coefficient (Wildman–Crippen LogP) is 4.07. The molecule has 0 saturated heterocycles. The maximum atomic E-state index is 9.66. The Bertz CT molecular complexity index is 464. The van der Waals surface area contributed by atoms with Gasteiger partial charge in [0.15, 0.2) is 0 Å². The number of rotatable bonds is 2. The summed E-state index contributed by atoms with van der Waals surface area (Å²) >= 11 is 9.07. The number of phenols is 1. The fourth-order valence-corrected chi connectivity index (χ4v) is 3.45. The normalized spacial score (nSPS) is 11.0. The molecule has 0 fully saturated rings. The van der Waals surface area contributed by atoms with Crippen LogP contribution in [-0.4, -0.2) is 11.4 Å². The third-order valence-corrected chi connectivity index (χ3v) is 4.22. The molecule has 0 atom stereocenters. The molecule has 0 unspecified atom stereocenters. The Hall–Kier alpha value is -0.380. The Kier molecular flexibility index (Phi) is 2.91. The second-order valence-corrected chi connectivity index (χ2v) is 4.88. The summed E-state index contributed by atoms with van der Waals surface area (Å²) < 4.78 is 0.938. The van der Waals surface area contributed by atoms with Crippen molar-refractivity contribution in [1.29, 1.82) is 0 Å². The highest BCUT2D eigenvalue weighted by Gasteiger charge is 2.10. The highest BCUT2D eigenvalue weighted by atomic mass is 35.5. The van der Waals surface area contributed by atoms with Crippen LogP contribution in [0, 0.1) is 0 Å². The van der Waals surface area contributed by atoms with E-state index in [1.807, 2.05) is 17.7 Å². The molecule has 2 rings (SSSR count). The maximum Gasteiger partial charge on any atom is 0.133 e. The highest BCUT2D eigenvalue weighted by molar-refractivity contribution is 7.98. The molecule has 0 radical (unpaired) electrons. The largest absolute Gasteiger partial charge is 0.506 e. The maximum absolute atomic E-state index is 9.66. The minimum atomic E-state index is 0.346. The molecule has 0 spiro atoms. The van der Waals surface area contributed by atoms with Gasteiger partial charge < -0.3 is 5.11 Å². The number of fused-ring (bicyclic) bond motifs is 1. The van der Waals surface area contributed by atoms with Gasteiger partial charge in [-0.05, 0) is 29.3 Å². The van der Waals surface area contributed by atoms with Gasteiger partial charge >= 0.3 is 0 Å². The summed E-state index contributed by atoms with van der Waals surface area (Å²) in [6.45, 7) is 0. The van der Waals surface area contributed by atoms with Crippen molar-refractivity contribution in [2.45, 2.75) is 10.8 Å². The fourth-order valence-electron chi connectivity index (χ4n) is 1.43. The molecule has 1 nitrogen and oxygen atoms in total. The van der Waals surface area contributed by atoms with Crippen LogP contribution in [0.1, 0.15) is 5.56 Å². The minimum Gasteiger partial charge on any atom is -0.506 e. The monoisotopic (exact) mass is 244 g/mol. The molecular formula is C10H9ClOS2. The number of aromatic hydroxyl groups is 1. The lowest BCUT2D eigenvalue weighted by molar-refractivity contribution is 0.482. The van der Waals surface area contributed by atoms with Crippen molar-refractivity contribution in [3.8, 4) is 5.75 Å². The van der Waals surface area contributed by atoms with Crippen molar-refractivity contribution >= 4 is 44.8 Å². The Balaban J connectivity index is 2.82. The van der Waals surface area contributed by atoms with E-state index in [2.05, 4.69) is 0 Å². The van der Waals surface area contributed by atoms with Gasteiger partial charge in [-0.15, -0.1) is 34.7 Å². The summed E-state index contributed by atoms with van der Waals surface area (Å²) in [7, 11) is 0. The molecule has 1 aromatic heterocycles. The van der Waals surface area contributed by atoms with Gasteiger partial charge in [0.05, 0.1) is 4.70 Å². The first-order valence-electron chi connectivity index (χ1n) is 4.10. The molecule has 2 aromatic rings. The molecular weight excluding hydrogens is 236 g/mol. The summed E-state index contributed by atoms with van der Waals surface area (Å²) in [4.78, 5) is 1.18. The summed E-state index contributed by atoms with van der Waals surface area (Å²) in [5.74, 6) is 0.843. The van der Waals surface area contributed by atoms with Gasteiger partial charge in [-0.1, -0.05) is 0 Å². The third-order valence-electron chi connectivity index (χ3n) is 2.10. The van der Waals surface area contributed by atoms with E-state index in [1.165, 1.54) is 4.90 Å². The van der Waals surface area contributed by atoms with Crippen molar-refractivity contribution in [3.63, 3.8) is 0 Å². The van der Waals surface area contributed by atoms with E-state index < -0.39 is 0 Å². The Labute approximate surface area is 95.7 Å². The first kappa shape index (κ1) is 10.1. The quantitative estimate of drug-likeness (QED) is 0.635. The van der Waals surface area contributed by atoms with Gasteiger partial charge in [-0.25, -0.2) is 0 Å². The van der Waals surface area contributed by atoms with Gasteiger partial charge in [0.1, 0.15) is 5.75 Å². The molecule has 0 aliphatic heterocycles. The van der Waals surface area contributed by atoms with Crippen LogP contribution in [0.15, 0.2) is 22.4 Å². The summed E-state index contributed by atoms with van der Waals surface area (Å²) in [6, 6.07) is 3.67. The van der Waals surface area contributed by atoms with Crippen molar-refractivity contribution in [1.82, 2.24) is 0 Å². The zero-order chi connectivity index (χ0) is 10.1. The molecule has 4 heteroatoms. The summed E-state index contributed by atoms with van der Waals surface area (Å²) in [6.07, 6.45) is 2.03. The number of hydrogen-bond acceptors (Lipinski definition) is 3. The lowest BCUT2D eigenvalue weighted by atomic mass is 10.2. The van der Waals surface area contributed by atoms with E-state index in [4.69, 9.17) is 11.6 Å². The number of halogens is 1. The molecule has 1 aromatic carbocycles. The first-order valence-corrected chi connectivity index (χ1v) is 6.73. The van der Waals surface area contributed by atoms with Crippen molar-refractivity contribution in [3.05, 3.63) is 23.1 Å². The van der Waals surface area contributed by atoms with Crippen molar-refractivity contribution in [2.75, 3.05) is 6.26 Å². The van der Waals surface area contributed by atoms with Gasteiger partial charge in [-0.3, -0.25) is 0 Å². The minimum absolute atomic E-state index is 0.346. The van der Waals surface area contributed by atoms with E-state index in [0.717, 1.165) is 15.6 Å². The number of benzene rings is 1. The van der Waals surface area contributed by atoms with Gasteiger partial charge in [0.25, 0.3) is 0 Å². The Morgan fingerprint density at radius 2 is 2.29 bits per heavy atom. The number of hydrogen-bond donors (Lipinski definition) is 1. The van der Waals surface area contributed by atoms with E-state index in [0.29, 0.717) is 11.6 Å². The summed E-state index contributed by atoms with van der Waals surface area (Å²) in [5, 5.41) is 12.8. The topological polar surface area (TPSA) is 20.2 Å². The van der Waals surface area contributed by atoms with Crippen molar-refractivity contribution < 1.29 is 5.11 Å². The fraction of sp³-hybridized carbons (Fsp3) is 0.200. The molecule has 1 N–H and O–H groups in total. The molecule has 1 heterocycles. The second-order valence-electron chi connectivity index (χ2n) is 2.89. The van der Waals surface area contributed by atoms with Crippen LogP contribution in [0.25, 0.3) is 10.1 Å². The van der Waals surface area contributed by atoms with Crippen LogP contribution < -0.4 is 0 Å². The van der Waals surface area contributed by atoms with Crippen LogP contribution >= 0.6 is 34.7 Å². The second kappa shape index (κ2) is 4.01. The Morgan fingerprint density at radius 1 is 1.50 bits per heavy atom. The van der Waals surface area contributed by atoms with E-state index in [1.54, 1.807) is 29.2 Å². The van der Waals surface area contributed by atoms with Crippen LogP contribution in [-0.2, 0) is 5.88 Å². The standard InChI is InChI=1S/C10H9ClOS2/c1-13-8-3-2-7(12)10-9(8)6(4-11)5-14-10/h2-3,5,12H,4H2,1H3. The Morgan fingerprint density at radius 3 is 2.93 bits per heavy atom. The van der Waals surface area contributed by atoms with E-state index in [9.17, 15) is 5.11 Å². The van der Waals surface area contributed by atoms with Gasteiger partial charge in [0, 0.05) is 16.2 Å². The molecule has 14 heavy (non-hydrogen) atoms. The van der Waals surface area contributed by atoms with Crippen LogP contribution in [0.3, 0.4) is 0 Å². The van der Waals surface area contributed by atoms with Gasteiger partial charge in [0.2, 0.25) is 0 Å². The lowest BCUT2D eigenvalue weighted by Crippen LogP contribution is -1.78. The van der Waals surface area contributed by atoms with E-state index >= 15 is 0 Å². The molecule has 74 valence electrons. The zero-order valence-electron chi connectivity index (χ0n) is 7.58. The summed E-state index contributed by atoms with van der Waals surface area (Å²) in [5.41, 5.74) is 1.10. The van der Waals surface area contributed by atoms with Gasteiger partial charge in [-0.2, -0.15) is 0 Å². The van der Waals surface area contributed by atoms with Crippen LogP contribution in [0.4, 0.5) is 0 Å². The number of phenolic OH excluding ortho intramolecular Hbond substituents is 1. The average molecular weight is 245 g/mol. The SMILES string of the molecule is CSc1ccc(O)c2scc(CCl)c12. The van der Waals surface area contributed by atoms with E-state index in [-0.39, 0.29) is 0 Å². The van der Waals surface area contributed by atoms with Crippen LogP contribution in [0.2, 0.25) is 0 Å². The smallest absolute Gasteiger partial charge is 0.133 e.